The van der Waals surface area contributed by atoms with Crippen LogP contribution < -0.4 is 4.74 Å². The summed E-state index contributed by atoms with van der Waals surface area (Å²) in [6, 6.07) is 6.27. The van der Waals surface area contributed by atoms with Gasteiger partial charge in [0.1, 0.15) is 11.8 Å². The van der Waals surface area contributed by atoms with E-state index in [9.17, 15) is 14.7 Å². The summed E-state index contributed by atoms with van der Waals surface area (Å²) < 4.78 is 9.77. The Balaban J connectivity index is 3.01. The second kappa shape index (κ2) is 7.84. The van der Waals surface area contributed by atoms with Gasteiger partial charge in [-0.05, 0) is 24.1 Å². The molecule has 0 unspecified atom stereocenters. The predicted molar refractivity (Wildman–Crippen MR) is 78.5 cm³/mol. The Morgan fingerprint density at radius 2 is 2.09 bits per heavy atom. The summed E-state index contributed by atoms with van der Waals surface area (Å²) in [5.74, 6) is -1.74. The molecular weight excluding hydrogens is 286 g/mol. The predicted octanol–water partition coefficient (Wildman–Crippen LogP) is 2.39. The Morgan fingerprint density at radius 3 is 2.64 bits per heavy atom. The number of methoxy groups -OCH3 is 1. The average Bonchev–Trinajstić information content (AvgIpc) is 2.51. The van der Waals surface area contributed by atoms with Gasteiger partial charge in [-0.25, -0.2) is 4.79 Å². The first-order valence-corrected chi connectivity index (χ1v) is 6.59. The molecule has 0 saturated carbocycles. The molecule has 0 aliphatic carbocycles. The maximum atomic E-state index is 11.9. The van der Waals surface area contributed by atoms with Crippen molar-refractivity contribution in [3.05, 3.63) is 41.2 Å². The van der Waals surface area contributed by atoms with Gasteiger partial charge >= 0.3 is 5.97 Å². The summed E-state index contributed by atoms with van der Waals surface area (Å²) in [5.41, 5.74) is 0.362. The van der Waals surface area contributed by atoms with Crippen LogP contribution in [0, 0.1) is 17.2 Å². The van der Waals surface area contributed by atoms with Crippen LogP contribution in [0.1, 0.15) is 29.8 Å². The number of benzene rings is 1. The van der Waals surface area contributed by atoms with Gasteiger partial charge in [-0.15, -0.1) is 0 Å². The molecule has 0 saturated heterocycles. The Labute approximate surface area is 128 Å². The van der Waals surface area contributed by atoms with Crippen molar-refractivity contribution in [2.24, 2.45) is 5.92 Å². The zero-order chi connectivity index (χ0) is 16.7. The molecule has 0 amide bonds. The molecule has 0 radical (unpaired) electrons. The number of aliphatic hydroxyl groups is 1. The number of rotatable bonds is 6. The second-order valence-corrected chi connectivity index (χ2v) is 4.91. The third kappa shape index (κ3) is 4.63. The number of ether oxygens (including phenoxy) is 2. The van der Waals surface area contributed by atoms with Crippen LogP contribution in [0.4, 0.5) is 0 Å². The molecule has 1 aromatic carbocycles. The lowest BCUT2D eigenvalue weighted by Crippen LogP contribution is -2.08. The SMILES string of the molecule is COC(=O)/C(O)=C/C(=O)c1ccc(OCC(C)C)c(C#N)c1. The van der Waals surface area contributed by atoms with Crippen molar-refractivity contribution in [2.45, 2.75) is 13.8 Å². The molecule has 6 heteroatoms. The number of ketones is 1. The van der Waals surface area contributed by atoms with Crippen LogP contribution >= 0.6 is 0 Å². The van der Waals surface area contributed by atoms with Gasteiger partial charge in [0.05, 0.1) is 19.3 Å². The van der Waals surface area contributed by atoms with Gasteiger partial charge in [-0.2, -0.15) is 5.26 Å². The molecule has 1 aromatic rings. The lowest BCUT2D eigenvalue weighted by molar-refractivity contribution is -0.139. The molecule has 22 heavy (non-hydrogen) atoms. The van der Waals surface area contributed by atoms with Crippen molar-refractivity contribution in [1.29, 1.82) is 5.26 Å². The fourth-order valence-electron chi connectivity index (χ4n) is 1.52. The number of hydrogen-bond acceptors (Lipinski definition) is 6. The fraction of sp³-hybridized carbons (Fsp3) is 0.312. The van der Waals surface area contributed by atoms with Crippen molar-refractivity contribution in [3.63, 3.8) is 0 Å². The number of allylic oxidation sites excluding steroid dienone is 1. The molecule has 0 aliphatic heterocycles. The summed E-state index contributed by atoms with van der Waals surface area (Å²) in [5, 5.41) is 18.5. The van der Waals surface area contributed by atoms with Crippen LogP contribution in [0.2, 0.25) is 0 Å². The highest BCUT2D eigenvalue weighted by Gasteiger charge is 2.13. The normalized spacial score (nSPS) is 11.0. The highest BCUT2D eigenvalue weighted by atomic mass is 16.5. The minimum Gasteiger partial charge on any atom is -0.502 e. The van der Waals surface area contributed by atoms with E-state index in [4.69, 9.17) is 10.00 Å². The number of nitriles is 1. The molecule has 116 valence electrons. The van der Waals surface area contributed by atoms with E-state index in [1.54, 1.807) is 0 Å². The van der Waals surface area contributed by atoms with Crippen molar-refractivity contribution >= 4 is 11.8 Å². The number of carbonyl (C=O) groups excluding carboxylic acids is 2. The highest BCUT2D eigenvalue weighted by molar-refractivity contribution is 6.08. The number of esters is 1. The van der Waals surface area contributed by atoms with Crippen LogP contribution in [0.25, 0.3) is 0 Å². The molecular formula is C16H17NO5. The van der Waals surface area contributed by atoms with Gasteiger partial charge in [0, 0.05) is 11.6 Å². The van der Waals surface area contributed by atoms with Crippen molar-refractivity contribution < 1.29 is 24.2 Å². The summed E-state index contributed by atoms with van der Waals surface area (Å²) in [4.78, 5) is 23.0. The van der Waals surface area contributed by atoms with E-state index in [2.05, 4.69) is 4.74 Å². The number of nitrogens with zero attached hydrogens (tertiary/aromatic N) is 1. The molecule has 0 bridgehead atoms. The molecule has 0 fully saturated rings. The lowest BCUT2D eigenvalue weighted by atomic mass is 10.1. The zero-order valence-corrected chi connectivity index (χ0v) is 12.6. The fourth-order valence-corrected chi connectivity index (χ4v) is 1.52. The molecule has 0 spiro atoms. The summed E-state index contributed by atoms with van der Waals surface area (Å²) >= 11 is 0. The van der Waals surface area contributed by atoms with Crippen molar-refractivity contribution in [1.82, 2.24) is 0 Å². The van der Waals surface area contributed by atoms with E-state index < -0.39 is 17.5 Å². The number of carbonyl (C=O) groups is 2. The smallest absolute Gasteiger partial charge is 0.373 e. The largest absolute Gasteiger partial charge is 0.502 e. The van der Waals surface area contributed by atoms with E-state index in [0.717, 1.165) is 13.2 Å². The zero-order valence-electron chi connectivity index (χ0n) is 12.6. The Hall–Kier alpha value is -2.81. The molecule has 0 heterocycles. The second-order valence-electron chi connectivity index (χ2n) is 4.91. The molecule has 1 rings (SSSR count). The van der Waals surface area contributed by atoms with Gasteiger partial charge in [-0.1, -0.05) is 13.8 Å². The van der Waals surface area contributed by atoms with Crippen molar-refractivity contribution in [3.8, 4) is 11.8 Å². The van der Waals surface area contributed by atoms with Crippen LogP contribution in [0.15, 0.2) is 30.0 Å². The standard InChI is InChI=1S/C16H17NO5/c1-10(2)9-22-15-5-4-11(6-12(15)8-17)13(18)7-14(19)16(20)21-3/h4-7,10,19H,9H2,1-3H3/b14-7-. The number of aliphatic hydroxyl groups excluding tert-OH is 1. The monoisotopic (exact) mass is 303 g/mol. The van der Waals surface area contributed by atoms with Crippen LogP contribution in [-0.4, -0.2) is 30.6 Å². The van der Waals surface area contributed by atoms with Gasteiger partial charge in [0.15, 0.2) is 5.78 Å². The highest BCUT2D eigenvalue weighted by Crippen LogP contribution is 2.20. The third-order valence-electron chi connectivity index (χ3n) is 2.62. The van der Waals surface area contributed by atoms with E-state index in [1.165, 1.54) is 18.2 Å². The summed E-state index contributed by atoms with van der Waals surface area (Å²) in [6.07, 6.45) is 0.747. The van der Waals surface area contributed by atoms with E-state index in [1.807, 2.05) is 19.9 Å². The van der Waals surface area contributed by atoms with E-state index in [-0.39, 0.29) is 11.1 Å². The topological polar surface area (TPSA) is 96.6 Å². The Kier molecular flexibility index (Phi) is 6.14. The maximum absolute atomic E-state index is 11.9. The van der Waals surface area contributed by atoms with Crippen molar-refractivity contribution in [2.75, 3.05) is 13.7 Å². The summed E-state index contributed by atoms with van der Waals surface area (Å²) in [6.45, 7) is 4.40. The van der Waals surface area contributed by atoms with Gasteiger partial charge in [-0.3, -0.25) is 4.79 Å². The summed E-state index contributed by atoms with van der Waals surface area (Å²) in [7, 11) is 1.09. The minimum absolute atomic E-state index is 0.156. The quantitative estimate of drug-likeness (QED) is 0.375. The number of hydrogen-bond donors (Lipinski definition) is 1. The average molecular weight is 303 g/mol. The van der Waals surface area contributed by atoms with E-state index in [0.29, 0.717) is 18.3 Å². The lowest BCUT2D eigenvalue weighted by Gasteiger charge is -2.10. The molecule has 1 N–H and O–H groups in total. The molecule has 6 nitrogen and oxygen atoms in total. The Bertz CT molecular complexity index is 640. The molecule has 0 aromatic heterocycles. The van der Waals surface area contributed by atoms with Gasteiger partial charge in [0.25, 0.3) is 0 Å². The van der Waals surface area contributed by atoms with Crippen LogP contribution in [0.5, 0.6) is 5.75 Å². The molecule has 0 aliphatic rings. The first kappa shape index (κ1) is 17.2. The van der Waals surface area contributed by atoms with Crippen LogP contribution in [-0.2, 0) is 9.53 Å². The third-order valence-corrected chi connectivity index (χ3v) is 2.62. The van der Waals surface area contributed by atoms with E-state index >= 15 is 0 Å². The Morgan fingerprint density at radius 1 is 1.41 bits per heavy atom. The first-order valence-electron chi connectivity index (χ1n) is 6.59. The van der Waals surface area contributed by atoms with Crippen LogP contribution in [0.3, 0.4) is 0 Å². The van der Waals surface area contributed by atoms with Gasteiger partial charge < -0.3 is 14.6 Å². The minimum atomic E-state index is -1.01. The van der Waals surface area contributed by atoms with Gasteiger partial charge in [0.2, 0.25) is 5.76 Å². The molecule has 0 atom stereocenters. The maximum Gasteiger partial charge on any atom is 0.373 e. The first-order chi connectivity index (χ1) is 10.4.